The van der Waals surface area contributed by atoms with Crippen LogP contribution in [0.4, 0.5) is 5.69 Å². The Morgan fingerprint density at radius 1 is 1.05 bits per heavy atom. The maximum Gasteiger partial charge on any atom is 0.269 e. The van der Waals surface area contributed by atoms with Crippen LogP contribution in [0.15, 0.2) is 24.3 Å². The summed E-state index contributed by atoms with van der Waals surface area (Å²) >= 11 is 3.85. The molecule has 0 saturated carbocycles. The fourth-order valence-electron chi connectivity index (χ4n) is 2.18. The van der Waals surface area contributed by atoms with Crippen LogP contribution < -0.4 is 0 Å². The molecule has 22 heavy (non-hydrogen) atoms. The van der Waals surface area contributed by atoms with E-state index in [1.807, 2.05) is 35.7 Å². The molecule has 0 aliphatic carbocycles. The Hall–Kier alpha value is -0.760. The number of hydrogen-bond donors (Lipinski definition) is 0. The lowest BCUT2D eigenvalue weighted by Gasteiger charge is -2.22. The monoisotopic (exact) mass is 342 g/mol. The van der Waals surface area contributed by atoms with Crippen molar-refractivity contribution >= 4 is 29.2 Å². The van der Waals surface area contributed by atoms with Crippen molar-refractivity contribution in [1.29, 1.82) is 0 Å². The minimum atomic E-state index is -0.352. The number of non-ortho nitro benzene ring substituents is 1. The van der Waals surface area contributed by atoms with Gasteiger partial charge < -0.3 is 4.74 Å². The van der Waals surface area contributed by atoms with Crippen molar-refractivity contribution in [2.75, 3.05) is 49.3 Å². The van der Waals surface area contributed by atoms with Gasteiger partial charge in [-0.05, 0) is 5.56 Å². The van der Waals surface area contributed by atoms with Crippen molar-refractivity contribution < 1.29 is 9.66 Å². The van der Waals surface area contributed by atoms with Crippen LogP contribution in [-0.2, 0) is 11.3 Å². The van der Waals surface area contributed by atoms with Crippen molar-refractivity contribution in [3.8, 4) is 0 Å². The average molecular weight is 342 g/mol. The molecule has 0 radical (unpaired) electrons. The lowest BCUT2D eigenvalue weighted by atomic mass is 10.2. The van der Waals surface area contributed by atoms with Crippen LogP contribution in [-0.4, -0.2) is 59.1 Å². The third kappa shape index (κ3) is 6.56. The first-order valence-electron chi connectivity index (χ1n) is 7.44. The largest absolute Gasteiger partial charge is 0.380 e. The van der Waals surface area contributed by atoms with Gasteiger partial charge in [0.05, 0.1) is 18.1 Å². The molecule has 1 aromatic carbocycles. The Morgan fingerprint density at radius 2 is 1.64 bits per heavy atom. The molecule has 1 aromatic rings. The Balaban J connectivity index is 1.87. The molecular formula is C15H22N2O3S2. The molecular weight excluding hydrogens is 320 g/mol. The number of rotatable bonds is 3. The Labute approximate surface area is 139 Å². The molecule has 1 fully saturated rings. The summed E-state index contributed by atoms with van der Waals surface area (Å²) in [6, 6.07) is 6.91. The van der Waals surface area contributed by atoms with Gasteiger partial charge in [0.15, 0.2) is 0 Å². The summed E-state index contributed by atoms with van der Waals surface area (Å²) in [7, 11) is 0. The van der Waals surface area contributed by atoms with E-state index in [-0.39, 0.29) is 10.6 Å². The number of hydrogen-bond acceptors (Lipinski definition) is 6. The molecule has 1 aliphatic rings. The first-order chi connectivity index (χ1) is 10.8. The zero-order valence-corrected chi connectivity index (χ0v) is 14.2. The zero-order valence-electron chi connectivity index (χ0n) is 12.6. The lowest BCUT2D eigenvalue weighted by molar-refractivity contribution is -0.384. The standard InChI is InChI=1S/C15H22N2O3S2/c18-17(19)15-3-1-14(2-4-15)13-16-5-9-21-11-7-20-8-12-22-10-6-16/h1-4H,5-13H2. The summed E-state index contributed by atoms with van der Waals surface area (Å²) in [6.45, 7) is 4.63. The molecule has 7 heteroatoms. The molecule has 1 heterocycles. The molecule has 0 N–H and O–H groups in total. The zero-order chi connectivity index (χ0) is 15.6. The number of ether oxygens (including phenoxy) is 1. The van der Waals surface area contributed by atoms with E-state index in [9.17, 15) is 10.1 Å². The van der Waals surface area contributed by atoms with E-state index in [4.69, 9.17) is 4.74 Å². The lowest BCUT2D eigenvalue weighted by Crippen LogP contribution is -2.28. The van der Waals surface area contributed by atoms with Gasteiger partial charge >= 0.3 is 0 Å². The second-order valence-electron chi connectivity index (χ2n) is 5.04. The van der Waals surface area contributed by atoms with Crippen molar-refractivity contribution in [2.24, 2.45) is 0 Å². The molecule has 0 bridgehead atoms. The normalized spacial score (nSPS) is 19.1. The number of nitro benzene ring substituents is 1. The van der Waals surface area contributed by atoms with Crippen molar-refractivity contribution in [3.63, 3.8) is 0 Å². The van der Waals surface area contributed by atoms with E-state index in [0.717, 1.165) is 61.4 Å². The summed E-state index contributed by atoms with van der Waals surface area (Å²) < 4.78 is 5.55. The summed E-state index contributed by atoms with van der Waals surface area (Å²) in [5, 5.41) is 10.7. The molecule has 0 aromatic heterocycles. The van der Waals surface area contributed by atoms with Gasteiger partial charge in [0.2, 0.25) is 0 Å². The Kier molecular flexibility index (Phi) is 8.07. The first kappa shape index (κ1) is 17.6. The van der Waals surface area contributed by atoms with Gasteiger partial charge in [0.25, 0.3) is 5.69 Å². The van der Waals surface area contributed by atoms with Crippen LogP contribution in [0.2, 0.25) is 0 Å². The smallest absolute Gasteiger partial charge is 0.269 e. The van der Waals surface area contributed by atoms with E-state index in [1.54, 1.807) is 12.1 Å². The van der Waals surface area contributed by atoms with E-state index in [1.165, 1.54) is 0 Å². The summed E-state index contributed by atoms with van der Waals surface area (Å²) in [6.07, 6.45) is 0. The average Bonchev–Trinajstić information content (AvgIpc) is 2.50. The van der Waals surface area contributed by atoms with Crippen molar-refractivity contribution in [2.45, 2.75) is 6.54 Å². The molecule has 5 nitrogen and oxygen atoms in total. The van der Waals surface area contributed by atoms with Gasteiger partial charge in [-0.2, -0.15) is 23.5 Å². The van der Waals surface area contributed by atoms with E-state index >= 15 is 0 Å². The van der Waals surface area contributed by atoms with Gasteiger partial charge in [-0.1, -0.05) is 12.1 Å². The molecule has 2 rings (SSSR count). The van der Waals surface area contributed by atoms with Crippen LogP contribution in [0.5, 0.6) is 0 Å². The van der Waals surface area contributed by atoms with Crippen LogP contribution in [0.3, 0.4) is 0 Å². The molecule has 0 atom stereocenters. The third-order valence-electron chi connectivity index (χ3n) is 3.40. The van der Waals surface area contributed by atoms with Gasteiger partial charge in [0.1, 0.15) is 0 Å². The highest BCUT2D eigenvalue weighted by Gasteiger charge is 2.09. The second kappa shape index (κ2) is 10.1. The molecule has 1 aliphatic heterocycles. The maximum atomic E-state index is 10.7. The highest BCUT2D eigenvalue weighted by Crippen LogP contribution is 2.15. The van der Waals surface area contributed by atoms with E-state index in [0.29, 0.717) is 0 Å². The van der Waals surface area contributed by atoms with Crippen LogP contribution in [0.1, 0.15) is 5.56 Å². The number of benzene rings is 1. The van der Waals surface area contributed by atoms with Crippen LogP contribution >= 0.6 is 23.5 Å². The maximum absolute atomic E-state index is 10.7. The molecule has 0 unspecified atom stereocenters. The molecule has 1 saturated heterocycles. The predicted molar refractivity (Wildman–Crippen MR) is 93.8 cm³/mol. The third-order valence-corrected chi connectivity index (χ3v) is 5.25. The topological polar surface area (TPSA) is 55.6 Å². The van der Waals surface area contributed by atoms with Crippen LogP contribution in [0.25, 0.3) is 0 Å². The minimum absolute atomic E-state index is 0.156. The van der Waals surface area contributed by atoms with E-state index < -0.39 is 0 Å². The highest BCUT2D eigenvalue weighted by molar-refractivity contribution is 7.99. The SMILES string of the molecule is O=[N+]([O-])c1ccc(CN2CCSCCOCCSCC2)cc1. The predicted octanol–water partition coefficient (Wildman–Crippen LogP) is 2.89. The van der Waals surface area contributed by atoms with Gasteiger partial charge in [-0.15, -0.1) is 0 Å². The quantitative estimate of drug-likeness (QED) is 0.622. The summed E-state index contributed by atoms with van der Waals surface area (Å²) in [4.78, 5) is 12.8. The molecule has 122 valence electrons. The number of thioether (sulfide) groups is 2. The summed E-state index contributed by atoms with van der Waals surface area (Å²) in [5.41, 5.74) is 1.29. The van der Waals surface area contributed by atoms with Crippen molar-refractivity contribution in [1.82, 2.24) is 4.90 Å². The second-order valence-corrected chi connectivity index (χ2v) is 7.49. The van der Waals surface area contributed by atoms with Crippen molar-refractivity contribution in [3.05, 3.63) is 39.9 Å². The van der Waals surface area contributed by atoms with E-state index in [2.05, 4.69) is 4.90 Å². The molecule has 0 spiro atoms. The van der Waals surface area contributed by atoms with Gasteiger partial charge in [-0.3, -0.25) is 15.0 Å². The highest BCUT2D eigenvalue weighted by atomic mass is 32.2. The van der Waals surface area contributed by atoms with Gasteiger partial charge in [-0.25, -0.2) is 0 Å². The summed E-state index contributed by atoms with van der Waals surface area (Å²) in [5.74, 6) is 4.30. The Morgan fingerprint density at radius 3 is 2.18 bits per heavy atom. The molecule has 0 amide bonds. The Bertz CT molecular complexity index is 445. The van der Waals surface area contributed by atoms with Gasteiger partial charge in [0, 0.05) is 54.8 Å². The first-order valence-corrected chi connectivity index (χ1v) is 9.75. The minimum Gasteiger partial charge on any atom is -0.380 e. The number of nitrogens with zero attached hydrogens (tertiary/aromatic N) is 2. The van der Waals surface area contributed by atoms with Crippen LogP contribution in [0, 0.1) is 10.1 Å². The fourth-order valence-corrected chi connectivity index (χ4v) is 3.83. The fraction of sp³-hybridized carbons (Fsp3) is 0.600. The number of nitro groups is 1.